The molecule has 0 aliphatic carbocycles. The molecule has 2 amide bonds. The summed E-state index contributed by atoms with van der Waals surface area (Å²) in [5, 5.41) is 8.09. The number of nitrogens with zero attached hydrogens (tertiary/aromatic N) is 4. The second-order valence-corrected chi connectivity index (χ2v) is 6.00. The predicted molar refractivity (Wildman–Crippen MR) is 85.7 cm³/mol. The highest BCUT2D eigenvalue weighted by atomic mass is 35.5. The van der Waals surface area contributed by atoms with Gasteiger partial charge in [0.1, 0.15) is 5.75 Å². The fourth-order valence-corrected chi connectivity index (χ4v) is 2.60. The van der Waals surface area contributed by atoms with Crippen LogP contribution in [0.5, 0.6) is 5.75 Å². The summed E-state index contributed by atoms with van der Waals surface area (Å²) >= 11 is 5.90. The van der Waals surface area contributed by atoms with Gasteiger partial charge in [-0.15, -0.1) is 5.10 Å². The molecule has 1 aromatic heterocycles. The molecule has 1 aliphatic rings. The van der Waals surface area contributed by atoms with E-state index in [-0.39, 0.29) is 17.6 Å². The van der Waals surface area contributed by atoms with Crippen LogP contribution in [-0.4, -0.2) is 50.9 Å². The van der Waals surface area contributed by atoms with E-state index in [2.05, 4.69) is 10.3 Å². The Morgan fingerprint density at radius 2 is 2.17 bits per heavy atom. The van der Waals surface area contributed by atoms with Gasteiger partial charge in [0.05, 0.1) is 12.2 Å². The van der Waals surface area contributed by atoms with Crippen LogP contribution in [0.2, 0.25) is 5.02 Å². The Kier molecular flexibility index (Phi) is 4.39. The number of primary amides is 1. The minimum atomic E-state index is -0.628. The summed E-state index contributed by atoms with van der Waals surface area (Å²) < 4.78 is 7.17. The van der Waals surface area contributed by atoms with Gasteiger partial charge in [0.25, 0.3) is 11.8 Å². The molecular weight excluding hydrogens is 334 g/mol. The molecule has 2 aromatic rings. The maximum absolute atomic E-state index is 12.4. The zero-order valence-corrected chi connectivity index (χ0v) is 13.7. The molecule has 0 bridgehead atoms. The Hall–Kier alpha value is -2.61. The monoisotopic (exact) mass is 349 g/mol. The molecule has 0 radical (unpaired) electrons. The van der Waals surface area contributed by atoms with Crippen molar-refractivity contribution in [3.8, 4) is 5.75 Å². The van der Waals surface area contributed by atoms with E-state index in [1.807, 2.05) is 0 Å². The summed E-state index contributed by atoms with van der Waals surface area (Å²) in [7, 11) is 0. The van der Waals surface area contributed by atoms with Crippen LogP contribution < -0.4 is 10.5 Å². The topological polar surface area (TPSA) is 103 Å². The lowest BCUT2D eigenvalue weighted by atomic mass is 10.1. The van der Waals surface area contributed by atoms with Crippen LogP contribution in [0, 0.1) is 0 Å². The summed E-state index contributed by atoms with van der Waals surface area (Å²) in [6, 6.07) is 6.88. The summed E-state index contributed by atoms with van der Waals surface area (Å²) in [5.74, 6) is -0.207. The van der Waals surface area contributed by atoms with Gasteiger partial charge >= 0.3 is 0 Å². The third-order valence-electron chi connectivity index (χ3n) is 3.77. The first-order valence-electron chi connectivity index (χ1n) is 7.36. The number of halogens is 1. The average Bonchev–Trinajstić information content (AvgIpc) is 2.95. The van der Waals surface area contributed by atoms with Gasteiger partial charge in [0, 0.05) is 18.1 Å². The Labute approximate surface area is 143 Å². The second kappa shape index (κ2) is 6.48. The Morgan fingerprint density at radius 3 is 2.79 bits per heavy atom. The first-order chi connectivity index (χ1) is 11.4. The van der Waals surface area contributed by atoms with Crippen molar-refractivity contribution in [1.82, 2.24) is 19.9 Å². The van der Waals surface area contributed by atoms with E-state index in [4.69, 9.17) is 22.1 Å². The van der Waals surface area contributed by atoms with Crippen molar-refractivity contribution in [2.75, 3.05) is 13.1 Å². The van der Waals surface area contributed by atoms with Crippen molar-refractivity contribution < 1.29 is 14.3 Å². The minimum absolute atomic E-state index is 0.0204. The zero-order chi connectivity index (χ0) is 17.3. The molecule has 0 saturated carbocycles. The molecule has 1 fully saturated rings. The fraction of sp³-hybridized carbons (Fsp3) is 0.333. The van der Waals surface area contributed by atoms with Crippen molar-refractivity contribution in [1.29, 1.82) is 0 Å². The lowest BCUT2D eigenvalue weighted by Gasteiger charge is -2.40. The number of nitrogens with two attached hydrogens (primary N) is 1. The summed E-state index contributed by atoms with van der Waals surface area (Å²) in [4.78, 5) is 25.0. The smallest absolute Gasteiger partial charge is 0.270 e. The number of likely N-dealkylation sites (tertiary alicyclic amines) is 1. The van der Waals surface area contributed by atoms with Gasteiger partial charge < -0.3 is 15.4 Å². The van der Waals surface area contributed by atoms with E-state index in [1.54, 1.807) is 40.8 Å². The average molecular weight is 350 g/mol. The molecule has 0 unspecified atom stereocenters. The molecule has 8 nitrogen and oxygen atoms in total. The van der Waals surface area contributed by atoms with E-state index >= 15 is 0 Å². The number of carbonyl (C=O) groups is 2. The molecular formula is C15H16ClN5O3. The van der Waals surface area contributed by atoms with E-state index in [0.29, 0.717) is 23.9 Å². The van der Waals surface area contributed by atoms with Crippen LogP contribution in [0.3, 0.4) is 0 Å². The standard InChI is InChI=1S/C15H16ClN5O3/c1-9(24-12-4-2-3-10(16)5-12)15(23)20-6-11(7-20)21-8-13(14(17)22)18-19-21/h2-5,8-9,11H,6-7H2,1H3,(H2,17,22)/t9-/m1/s1. The molecule has 3 rings (SSSR count). The Balaban J connectivity index is 1.54. The maximum atomic E-state index is 12.4. The molecule has 1 aromatic carbocycles. The van der Waals surface area contributed by atoms with Crippen LogP contribution >= 0.6 is 11.6 Å². The number of carbonyl (C=O) groups excluding carboxylic acids is 2. The zero-order valence-electron chi connectivity index (χ0n) is 12.9. The molecule has 9 heteroatoms. The van der Waals surface area contributed by atoms with Gasteiger partial charge in [-0.1, -0.05) is 22.9 Å². The molecule has 2 heterocycles. The number of benzene rings is 1. The maximum Gasteiger partial charge on any atom is 0.270 e. The molecule has 2 N–H and O–H groups in total. The lowest BCUT2D eigenvalue weighted by Crippen LogP contribution is -2.54. The minimum Gasteiger partial charge on any atom is -0.481 e. The van der Waals surface area contributed by atoms with E-state index in [0.717, 1.165) is 0 Å². The van der Waals surface area contributed by atoms with Crippen LogP contribution in [0.25, 0.3) is 0 Å². The SMILES string of the molecule is C[C@@H](Oc1cccc(Cl)c1)C(=O)N1CC(n2cc(C(N)=O)nn2)C1. The van der Waals surface area contributed by atoms with Crippen LogP contribution in [-0.2, 0) is 4.79 Å². The van der Waals surface area contributed by atoms with Gasteiger partial charge in [0.2, 0.25) is 0 Å². The van der Waals surface area contributed by atoms with Gasteiger partial charge in [-0.2, -0.15) is 0 Å². The normalized spacial score (nSPS) is 15.7. The highest BCUT2D eigenvalue weighted by molar-refractivity contribution is 6.30. The first kappa shape index (κ1) is 16.3. The highest BCUT2D eigenvalue weighted by Crippen LogP contribution is 2.23. The summed E-state index contributed by atoms with van der Waals surface area (Å²) in [5.41, 5.74) is 5.25. The Bertz CT molecular complexity index is 772. The highest BCUT2D eigenvalue weighted by Gasteiger charge is 2.35. The largest absolute Gasteiger partial charge is 0.481 e. The fourth-order valence-electron chi connectivity index (χ4n) is 2.42. The van der Waals surface area contributed by atoms with Crippen molar-refractivity contribution in [3.05, 3.63) is 41.2 Å². The van der Waals surface area contributed by atoms with Gasteiger partial charge in [-0.25, -0.2) is 4.68 Å². The van der Waals surface area contributed by atoms with Crippen molar-refractivity contribution in [2.45, 2.75) is 19.1 Å². The number of rotatable bonds is 5. The summed E-state index contributed by atoms with van der Waals surface area (Å²) in [6.45, 7) is 2.64. The van der Waals surface area contributed by atoms with Crippen LogP contribution in [0.1, 0.15) is 23.5 Å². The van der Waals surface area contributed by atoms with Crippen molar-refractivity contribution >= 4 is 23.4 Å². The second-order valence-electron chi connectivity index (χ2n) is 5.56. The first-order valence-corrected chi connectivity index (χ1v) is 7.74. The molecule has 1 atom stereocenters. The Morgan fingerprint density at radius 1 is 1.42 bits per heavy atom. The van der Waals surface area contributed by atoms with Crippen LogP contribution in [0.15, 0.2) is 30.5 Å². The number of hydrogen-bond acceptors (Lipinski definition) is 5. The lowest BCUT2D eigenvalue weighted by molar-refractivity contribution is -0.144. The van der Waals surface area contributed by atoms with Crippen LogP contribution in [0.4, 0.5) is 0 Å². The van der Waals surface area contributed by atoms with Crippen molar-refractivity contribution in [3.63, 3.8) is 0 Å². The third-order valence-corrected chi connectivity index (χ3v) is 4.00. The molecule has 126 valence electrons. The van der Waals surface area contributed by atoms with E-state index < -0.39 is 12.0 Å². The number of hydrogen-bond donors (Lipinski definition) is 1. The summed E-state index contributed by atoms with van der Waals surface area (Å²) in [6.07, 6.45) is 0.863. The van der Waals surface area contributed by atoms with E-state index in [9.17, 15) is 9.59 Å². The third kappa shape index (κ3) is 3.33. The number of aromatic nitrogens is 3. The predicted octanol–water partition coefficient (Wildman–Crippen LogP) is 0.881. The number of amides is 2. The van der Waals surface area contributed by atoms with Gasteiger partial charge in [-0.3, -0.25) is 9.59 Å². The number of ether oxygens (including phenoxy) is 1. The van der Waals surface area contributed by atoms with Gasteiger partial charge in [-0.05, 0) is 25.1 Å². The quantitative estimate of drug-likeness (QED) is 0.863. The van der Waals surface area contributed by atoms with Gasteiger partial charge in [0.15, 0.2) is 11.8 Å². The molecule has 1 aliphatic heterocycles. The van der Waals surface area contributed by atoms with E-state index in [1.165, 1.54) is 6.20 Å². The molecule has 24 heavy (non-hydrogen) atoms. The molecule has 1 saturated heterocycles. The van der Waals surface area contributed by atoms with Crippen molar-refractivity contribution in [2.24, 2.45) is 5.73 Å². The molecule has 0 spiro atoms.